The Hall–Kier alpha value is -9.32. The van der Waals surface area contributed by atoms with Crippen LogP contribution in [0.25, 0.3) is 66.4 Å². The summed E-state index contributed by atoms with van der Waals surface area (Å²) in [4.78, 5) is 7.74. The van der Waals surface area contributed by atoms with E-state index >= 15 is 0 Å². The van der Waals surface area contributed by atoms with Crippen LogP contribution in [0, 0.1) is 0 Å². The molecular formula is C78H68BN3O. The number of para-hydroxylation sites is 1. The molecule has 0 N–H and O–H groups in total. The fourth-order valence-electron chi connectivity index (χ4n) is 12.8. The molecule has 14 rings (SSSR count). The molecular weight excluding hydrogens is 1010 g/mol. The first-order chi connectivity index (χ1) is 40.0. The second-order valence-electron chi connectivity index (χ2n) is 25.8. The Kier molecular flexibility index (Phi) is 12.3. The highest BCUT2D eigenvalue weighted by atomic mass is 16.3. The lowest BCUT2D eigenvalue weighted by molar-refractivity contribution is 0.590. The number of benzene rings is 11. The maximum absolute atomic E-state index is 6.81. The van der Waals surface area contributed by atoms with E-state index in [1.54, 1.807) is 0 Å². The molecule has 0 fully saturated rings. The van der Waals surface area contributed by atoms with Gasteiger partial charge in [0.1, 0.15) is 11.2 Å². The minimum atomic E-state index is -0.233. The molecule has 0 saturated heterocycles. The summed E-state index contributed by atoms with van der Waals surface area (Å²) in [5.74, 6) is 0. The zero-order chi connectivity index (χ0) is 56.9. The van der Waals surface area contributed by atoms with E-state index in [-0.39, 0.29) is 23.1 Å². The van der Waals surface area contributed by atoms with Crippen molar-refractivity contribution in [2.75, 3.05) is 14.6 Å². The van der Waals surface area contributed by atoms with Gasteiger partial charge in [0.05, 0.1) is 5.69 Å². The Balaban J connectivity index is 1.10. The number of hydrogen-bond acceptors (Lipinski definition) is 4. The molecule has 11 aromatic carbocycles. The van der Waals surface area contributed by atoms with E-state index in [2.05, 4.69) is 326 Å². The molecule has 12 aromatic rings. The first-order valence-corrected chi connectivity index (χ1v) is 29.3. The average Bonchev–Trinajstić information content (AvgIpc) is 2.48. The molecule has 0 radical (unpaired) electrons. The third-order valence-corrected chi connectivity index (χ3v) is 17.3. The van der Waals surface area contributed by atoms with Crippen molar-refractivity contribution in [1.82, 2.24) is 0 Å². The van der Waals surface area contributed by atoms with Gasteiger partial charge >= 0.3 is 6.85 Å². The lowest BCUT2D eigenvalue weighted by atomic mass is 9.43. The number of fused-ring (bicyclic) bond motifs is 7. The van der Waals surface area contributed by atoms with Crippen molar-refractivity contribution in [1.29, 1.82) is 0 Å². The molecule has 0 spiro atoms. The van der Waals surface area contributed by atoms with Crippen molar-refractivity contribution in [2.24, 2.45) is 0 Å². The van der Waals surface area contributed by atoms with Crippen molar-refractivity contribution >= 4 is 85.2 Å². The summed E-state index contributed by atoms with van der Waals surface area (Å²) in [7, 11) is 0. The number of hydrogen-bond donors (Lipinski definition) is 0. The summed E-state index contributed by atoms with van der Waals surface area (Å²) < 4.78 is 6.81. The standard InChI is InChI=1S/C78H68BN3O/c1-76(2,3)56-35-38-59(39-36-56)82-70-49-66-63-33-19-20-34-73(63)83-74(66)50-65(70)67-46-58(78(7,8)9)47-72-75(67)79(82)68-41-40-62(48-71(68)81(72)69-42-37-57(77(4,5)6)45-64(69)53-27-17-12-18-28-53)80(60-31-21-29-54(43-60)51-23-13-10-14-24-51)61-32-22-30-55(44-61)52-25-15-11-16-26-52/h10-50H,1-9H3. The minimum absolute atomic E-state index is 0.0240. The fraction of sp³-hybridized carbons (Fsp3) is 0.154. The smallest absolute Gasteiger partial charge is 0.333 e. The van der Waals surface area contributed by atoms with E-state index in [1.807, 2.05) is 0 Å². The van der Waals surface area contributed by atoms with Crippen LogP contribution in [0.4, 0.5) is 45.5 Å². The average molecular weight is 1070 g/mol. The molecule has 5 heteroatoms. The normalized spacial score (nSPS) is 13.0. The number of furan rings is 1. The van der Waals surface area contributed by atoms with Crippen molar-refractivity contribution in [3.63, 3.8) is 0 Å². The number of rotatable bonds is 8. The Labute approximate surface area is 490 Å². The van der Waals surface area contributed by atoms with Crippen molar-refractivity contribution in [3.8, 4) is 44.5 Å². The quantitative estimate of drug-likeness (QED) is 0.141. The van der Waals surface area contributed by atoms with E-state index in [0.29, 0.717) is 0 Å². The van der Waals surface area contributed by atoms with E-state index < -0.39 is 0 Å². The van der Waals surface area contributed by atoms with E-state index in [9.17, 15) is 0 Å². The first-order valence-electron chi connectivity index (χ1n) is 29.3. The highest BCUT2D eigenvalue weighted by Crippen LogP contribution is 2.53. The Bertz CT molecular complexity index is 4360. The largest absolute Gasteiger partial charge is 0.456 e. The summed E-state index contributed by atoms with van der Waals surface area (Å²) in [6, 6.07) is 92.7. The molecule has 0 saturated carbocycles. The van der Waals surface area contributed by atoms with Crippen LogP contribution in [0.5, 0.6) is 0 Å². The van der Waals surface area contributed by atoms with Gasteiger partial charge in [-0.1, -0.05) is 226 Å². The SMILES string of the molecule is CC(C)(C)c1ccc(N2B3c4ccc(N(c5cccc(-c6ccccc6)c5)c5cccc(-c6ccccc6)c5)cc4N(c4ccc(C(C)(C)C)cc4-c4ccccc4)c4cc(C(C)(C)C)cc(c43)-c3cc4oc5ccccc5c4cc32)cc1. The van der Waals surface area contributed by atoms with Gasteiger partial charge in [-0.15, -0.1) is 0 Å². The zero-order valence-electron chi connectivity index (χ0n) is 49.0. The van der Waals surface area contributed by atoms with Crippen molar-refractivity contribution in [2.45, 2.75) is 78.6 Å². The lowest BCUT2D eigenvalue weighted by Gasteiger charge is -2.47. The molecule has 0 aliphatic carbocycles. The van der Waals surface area contributed by atoms with Crippen molar-refractivity contribution in [3.05, 3.63) is 265 Å². The highest BCUT2D eigenvalue weighted by molar-refractivity contribution is 6.93. The highest BCUT2D eigenvalue weighted by Gasteiger charge is 2.47. The third-order valence-electron chi connectivity index (χ3n) is 17.3. The first kappa shape index (κ1) is 51.8. The van der Waals surface area contributed by atoms with Crippen LogP contribution in [0.1, 0.15) is 79.0 Å². The van der Waals surface area contributed by atoms with E-state index in [1.165, 1.54) is 55.4 Å². The van der Waals surface area contributed by atoms with Gasteiger partial charge in [-0.3, -0.25) is 0 Å². The molecule has 0 bridgehead atoms. The van der Waals surface area contributed by atoms with Gasteiger partial charge in [0.25, 0.3) is 0 Å². The predicted octanol–water partition coefficient (Wildman–Crippen LogP) is 20.7. The third kappa shape index (κ3) is 9.11. The van der Waals surface area contributed by atoms with Crippen LogP contribution in [0.2, 0.25) is 0 Å². The van der Waals surface area contributed by atoms with Crippen LogP contribution in [0.3, 0.4) is 0 Å². The molecule has 0 amide bonds. The van der Waals surface area contributed by atoms with Crippen LogP contribution in [-0.2, 0) is 16.2 Å². The van der Waals surface area contributed by atoms with E-state index in [0.717, 1.165) is 84.1 Å². The van der Waals surface area contributed by atoms with Crippen LogP contribution >= 0.6 is 0 Å². The van der Waals surface area contributed by atoms with Gasteiger partial charge < -0.3 is 19.0 Å². The molecule has 2 aliphatic heterocycles. The topological polar surface area (TPSA) is 22.9 Å². The fourth-order valence-corrected chi connectivity index (χ4v) is 12.8. The zero-order valence-corrected chi connectivity index (χ0v) is 49.0. The lowest BCUT2D eigenvalue weighted by Crippen LogP contribution is -2.61. The second kappa shape index (κ2) is 19.7. The van der Waals surface area contributed by atoms with Crippen molar-refractivity contribution < 1.29 is 4.42 Å². The van der Waals surface area contributed by atoms with Crippen LogP contribution < -0.4 is 25.5 Å². The van der Waals surface area contributed by atoms with Gasteiger partial charge in [0.2, 0.25) is 0 Å². The molecule has 2 aliphatic rings. The Morgan fingerprint density at radius 2 is 0.880 bits per heavy atom. The molecule has 404 valence electrons. The number of anilines is 8. The summed E-state index contributed by atoms with van der Waals surface area (Å²) in [5, 5.41) is 2.22. The molecule has 1 aromatic heterocycles. The second-order valence-corrected chi connectivity index (χ2v) is 25.8. The van der Waals surface area contributed by atoms with Gasteiger partial charge in [0.15, 0.2) is 0 Å². The van der Waals surface area contributed by atoms with Gasteiger partial charge in [-0.05, 0) is 162 Å². The molecule has 3 heterocycles. The summed E-state index contributed by atoms with van der Waals surface area (Å²) in [5.41, 5.74) is 26.0. The molecule has 0 atom stereocenters. The Morgan fingerprint density at radius 3 is 1.49 bits per heavy atom. The molecule has 0 unspecified atom stereocenters. The van der Waals surface area contributed by atoms with Crippen LogP contribution in [-0.4, -0.2) is 6.85 Å². The monoisotopic (exact) mass is 1070 g/mol. The van der Waals surface area contributed by atoms with Crippen LogP contribution in [0.15, 0.2) is 253 Å². The summed E-state index contributed by atoms with van der Waals surface area (Å²) >= 11 is 0. The summed E-state index contributed by atoms with van der Waals surface area (Å²) in [6.07, 6.45) is 0. The minimum Gasteiger partial charge on any atom is -0.456 e. The maximum Gasteiger partial charge on any atom is 0.333 e. The van der Waals surface area contributed by atoms with Gasteiger partial charge in [-0.25, -0.2) is 0 Å². The van der Waals surface area contributed by atoms with Gasteiger partial charge in [-0.2, -0.15) is 0 Å². The predicted molar refractivity (Wildman–Crippen MR) is 355 cm³/mol. The molecule has 4 nitrogen and oxygen atoms in total. The summed E-state index contributed by atoms with van der Waals surface area (Å²) in [6.45, 7) is 20.7. The Morgan fingerprint density at radius 1 is 0.337 bits per heavy atom. The maximum atomic E-state index is 6.81. The van der Waals surface area contributed by atoms with E-state index in [4.69, 9.17) is 4.42 Å². The molecule has 83 heavy (non-hydrogen) atoms. The number of nitrogens with zero attached hydrogens (tertiary/aromatic N) is 3. The van der Waals surface area contributed by atoms with Gasteiger partial charge in [0, 0.05) is 61.7 Å².